The van der Waals surface area contributed by atoms with E-state index in [2.05, 4.69) is 37.0 Å². The summed E-state index contributed by atoms with van der Waals surface area (Å²) in [6.07, 6.45) is 10.4. The van der Waals surface area contributed by atoms with Crippen molar-refractivity contribution in [1.29, 1.82) is 5.26 Å². The maximum atomic E-state index is 8.83. The molecule has 0 aromatic heterocycles. The highest BCUT2D eigenvalue weighted by Gasteiger charge is 2.45. The van der Waals surface area contributed by atoms with Gasteiger partial charge in [0, 0.05) is 5.69 Å². The monoisotopic (exact) mass is 266 g/mol. The molecule has 0 heterocycles. The standard InChI is InChI=1S/C18H22N2/c1-3-13-5-4-10-18(2)16(13)9-7-14-6-8-15(20-12-19)11-17(14)18/h3,6,8,11,13,16,20H,1,4-5,7,9-10H2,2H3. The molecule has 0 radical (unpaired) electrons. The second-order valence-corrected chi connectivity index (χ2v) is 6.46. The molecule has 0 aliphatic heterocycles. The van der Waals surface area contributed by atoms with Crippen LogP contribution in [0, 0.1) is 23.3 Å². The number of nitriles is 1. The summed E-state index contributed by atoms with van der Waals surface area (Å²) >= 11 is 0. The van der Waals surface area contributed by atoms with E-state index in [9.17, 15) is 0 Å². The Hall–Kier alpha value is -1.75. The van der Waals surface area contributed by atoms with Crippen LogP contribution in [0.25, 0.3) is 0 Å². The first-order chi connectivity index (χ1) is 9.69. The number of allylic oxidation sites excluding steroid dienone is 1. The molecular formula is C18H22N2. The number of fused-ring (bicyclic) bond motifs is 3. The maximum Gasteiger partial charge on any atom is 0.181 e. The second kappa shape index (κ2) is 4.98. The lowest BCUT2D eigenvalue weighted by molar-refractivity contribution is 0.134. The predicted octanol–water partition coefficient (Wildman–Crippen LogP) is 4.39. The topological polar surface area (TPSA) is 35.8 Å². The van der Waals surface area contributed by atoms with E-state index in [1.54, 1.807) is 0 Å². The Balaban J connectivity index is 2.06. The zero-order valence-corrected chi connectivity index (χ0v) is 12.2. The Labute approximate surface area is 121 Å². The summed E-state index contributed by atoms with van der Waals surface area (Å²) in [5.41, 5.74) is 4.10. The number of rotatable bonds is 2. The van der Waals surface area contributed by atoms with Gasteiger partial charge in [0.05, 0.1) is 0 Å². The van der Waals surface area contributed by atoms with E-state index in [1.165, 1.54) is 36.8 Å². The molecule has 0 saturated heterocycles. The van der Waals surface area contributed by atoms with Gasteiger partial charge in [-0.2, -0.15) is 5.26 Å². The van der Waals surface area contributed by atoms with Crippen LogP contribution in [0.4, 0.5) is 5.69 Å². The number of anilines is 1. The lowest BCUT2D eigenvalue weighted by Gasteiger charge is -2.49. The van der Waals surface area contributed by atoms with E-state index in [-0.39, 0.29) is 5.41 Å². The van der Waals surface area contributed by atoms with Gasteiger partial charge in [-0.1, -0.05) is 25.5 Å². The van der Waals surface area contributed by atoms with Crippen molar-refractivity contribution in [2.45, 2.75) is 44.4 Å². The SMILES string of the molecule is C=CC1CCCC2(C)c3cc(NC#N)ccc3CCC12. The summed E-state index contributed by atoms with van der Waals surface area (Å²) in [6, 6.07) is 6.43. The number of hydrogen-bond donors (Lipinski definition) is 1. The largest absolute Gasteiger partial charge is 0.293 e. The Morgan fingerprint density at radius 2 is 2.30 bits per heavy atom. The fourth-order valence-corrected chi connectivity index (χ4v) is 4.49. The summed E-state index contributed by atoms with van der Waals surface area (Å²) in [5.74, 6) is 1.35. The average molecular weight is 266 g/mol. The Bertz CT molecular complexity index is 569. The van der Waals surface area contributed by atoms with Crippen molar-refractivity contribution < 1.29 is 0 Å². The number of benzene rings is 1. The highest BCUT2D eigenvalue weighted by molar-refractivity contribution is 5.54. The molecule has 1 aromatic carbocycles. The van der Waals surface area contributed by atoms with Gasteiger partial charge in [0.1, 0.15) is 0 Å². The highest BCUT2D eigenvalue weighted by atomic mass is 14.9. The fraction of sp³-hybridized carbons (Fsp3) is 0.500. The Kier molecular flexibility index (Phi) is 3.30. The number of aryl methyl sites for hydroxylation is 1. The van der Waals surface area contributed by atoms with Gasteiger partial charge >= 0.3 is 0 Å². The molecule has 20 heavy (non-hydrogen) atoms. The molecule has 0 amide bonds. The van der Waals surface area contributed by atoms with Gasteiger partial charge in [0.2, 0.25) is 0 Å². The minimum atomic E-state index is 0.248. The zero-order valence-electron chi connectivity index (χ0n) is 12.2. The third kappa shape index (κ3) is 1.93. The van der Waals surface area contributed by atoms with Crippen LogP contribution in [0.15, 0.2) is 30.9 Å². The third-order valence-corrected chi connectivity index (χ3v) is 5.52. The first-order valence-electron chi connectivity index (χ1n) is 7.60. The van der Waals surface area contributed by atoms with Crippen molar-refractivity contribution in [3.8, 4) is 6.19 Å². The van der Waals surface area contributed by atoms with E-state index >= 15 is 0 Å². The molecule has 3 rings (SSSR count). The molecule has 0 spiro atoms. The summed E-state index contributed by atoms with van der Waals surface area (Å²) in [4.78, 5) is 0. The van der Waals surface area contributed by atoms with Crippen molar-refractivity contribution >= 4 is 5.69 Å². The van der Waals surface area contributed by atoms with E-state index < -0.39 is 0 Å². The predicted molar refractivity (Wildman–Crippen MR) is 82.4 cm³/mol. The molecule has 1 N–H and O–H groups in total. The summed E-state index contributed by atoms with van der Waals surface area (Å²) in [6.45, 7) is 6.47. The summed E-state index contributed by atoms with van der Waals surface area (Å²) < 4.78 is 0. The molecule has 2 nitrogen and oxygen atoms in total. The molecule has 3 unspecified atom stereocenters. The fourth-order valence-electron chi connectivity index (χ4n) is 4.49. The van der Waals surface area contributed by atoms with Gasteiger partial charge in [-0.25, -0.2) is 0 Å². The third-order valence-electron chi connectivity index (χ3n) is 5.52. The lowest BCUT2D eigenvalue weighted by atomic mass is 9.55. The molecular weight excluding hydrogens is 244 g/mol. The molecule has 2 aliphatic rings. The van der Waals surface area contributed by atoms with Crippen molar-refractivity contribution in [2.24, 2.45) is 11.8 Å². The molecule has 1 aromatic rings. The molecule has 2 heteroatoms. The number of nitrogens with zero attached hydrogens (tertiary/aromatic N) is 1. The number of hydrogen-bond acceptors (Lipinski definition) is 2. The van der Waals surface area contributed by atoms with Gasteiger partial charge < -0.3 is 0 Å². The van der Waals surface area contributed by atoms with Crippen LogP contribution in [0.1, 0.15) is 43.7 Å². The Morgan fingerprint density at radius 1 is 1.45 bits per heavy atom. The van der Waals surface area contributed by atoms with Gasteiger partial charge in [0.25, 0.3) is 0 Å². The first-order valence-corrected chi connectivity index (χ1v) is 7.60. The minimum Gasteiger partial charge on any atom is -0.293 e. The van der Waals surface area contributed by atoms with Gasteiger partial charge in [-0.15, -0.1) is 6.58 Å². The summed E-state index contributed by atoms with van der Waals surface area (Å²) in [5, 5.41) is 11.6. The minimum absolute atomic E-state index is 0.248. The van der Waals surface area contributed by atoms with Crippen LogP contribution < -0.4 is 5.32 Å². The summed E-state index contributed by atoms with van der Waals surface area (Å²) in [7, 11) is 0. The van der Waals surface area contributed by atoms with Crippen LogP contribution in [0.2, 0.25) is 0 Å². The van der Waals surface area contributed by atoms with Crippen LogP contribution in [-0.2, 0) is 11.8 Å². The molecule has 2 aliphatic carbocycles. The highest BCUT2D eigenvalue weighted by Crippen LogP contribution is 2.52. The van der Waals surface area contributed by atoms with E-state index in [0.717, 1.165) is 12.1 Å². The maximum absolute atomic E-state index is 8.83. The van der Waals surface area contributed by atoms with Gasteiger partial charge in [0.15, 0.2) is 6.19 Å². The number of nitrogens with one attached hydrogen (secondary N) is 1. The Morgan fingerprint density at radius 3 is 3.05 bits per heavy atom. The molecule has 0 bridgehead atoms. The smallest absolute Gasteiger partial charge is 0.181 e. The van der Waals surface area contributed by atoms with Crippen LogP contribution in [0.5, 0.6) is 0 Å². The quantitative estimate of drug-likeness (QED) is 0.489. The van der Waals surface area contributed by atoms with Crippen molar-refractivity contribution in [1.82, 2.24) is 0 Å². The van der Waals surface area contributed by atoms with Crippen LogP contribution in [0.3, 0.4) is 0 Å². The molecule has 1 fully saturated rings. The van der Waals surface area contributed by atoms with Crippen molar-refractivity contribution in [2.75, 3.05) is 5.32 Å². The van der Waals surface area contributed by atoms with E-state index in [1.807, 2.05) is 12.3 Å². The van der Waals surface area contributed by atoms with E-state index in [0.29, 0.717) is 11.8 Å². The van der Waals surface area contributed by atoms with E-state index in [4.69, 9.17) is 5.26 Å². The van der Waals surface area contributed by atoms with Crippen molar-refractivity contribution in [3.63, 3.8) is 0 Å². The van der Waals surface area contributed by atoms with Crippen molar-refractivity contribution in [3.05, 3.63) is 42.0 Å². The molecule has 1 saturated carbocycles. The molecule has 3 atom stereocenters. The van der Waals surface area contributed by atoms with Crippen LogP contribution >= 0.6 is 0 Å². The zero-order chi connectivity index (χ0) is 14.2. The van der Waals surface area contributed by atoms with Gasteiger partial charge in [-0.3, -0.25) is 5.32 Å². The van der Waals surface area contributed by atoms with Crippen LogP contribution in [-0.4, -0.2) is 0 Å². The second-order valence-electron chi connectivity index (χ2n) is 6.46. The average Bonchev–Trinajstić information content (AvgIpc) is 2.46. The lowest BCUT2D eigenvalue weighted by Crippen LogP contribution is -2.43. The molecule has 104 valence electrons. The normalized spacial score (nSPS) is 31.6. The van der Waals surface area contributed by atoms with Gasteiger partial charge in [-0.05, 0) is 66.2 Å². The first kappa shape index (κ1) is 13.2.